The number of rotatable bonds is 4. The molecule has 142 valence electrons. The lowest BCUT2D eigenvalue weighted by molar-refractivity contribution is 1.23. The quantitative estimate of drug-likeness (QED) is 0.191. The van der Waals surface area contributed by atoms with Crippen LogP contribution in [0.1, 0.15) is 18.7 Å². The highest BCUT2D eigenvalue weighted by molar-refractivity contribution is 7.21. The lowest BCUT2D eigenvalue weighted by Gasteiger charge is -2.08. The molecule has 4 rings (SSSR count). The molecule has 0 saturated carbocycles. The minimum absolute atomic E-state index is 0.323. The summed E-state index contributed by atoms with van der Waals surface area (Å²) in [6.45, 7) is 4.00. The standard InChI is InChI=1S/C20H17N5S.C2H6/c21-20(25-22)18-10-16-17(11-23-12-19(16)26-18)24-15-8-6-14(7-9-15)13-4-2-1-3-5-13;1-2/h1-12,24H,22H2,(H2,21,25);1-2H3. The van der Waals surface area contributed by atoms with E-state index < -0.39 is 0 Å². The predicted molar refractivity (Wildman–Crippen MR) is 121 cm³/mol. The molecule has 0 spiro atoms. The van der Waals surface area contributed by atoms with Crippen molar-refractivity contribution in [2.24, 2.45) is 16.7 Å². The van der Waals surface area contributed by atoms with E-state index in [1.165, 1.54) is 22.5 Å². The smallest absolute Gasteiger partial charge is 0.160 e. The van der Waals surface area contributed by atoms with Crippen LogP contribution in [0.25, 0.3) is 21.2 Å². The van der Waals surface area contributed by atoms with Crippen molar-refractivity contribution in [1.82, 2.24) is 4.98 Å². The molecule has 0 atom stereocenters. The molecule has 2 aromatic carbocycles. The van der Waals surface area contributed by atoms with Gasteiger partial charge < -0.3 is 16.9 Å². The van der Waals surface area contributed by atoms with Gasteiger partial charge in [0.25, 0.3) is 0 Å². The first-order valence-corrected chi connectivity index (χ1v) is 9.90. The Morgan fingerprint density at radius 1 is 0.964 bits per heavy atom. The third-order valence-corrected chi connectivity index (χ3v) is 5.20. The zero-order valence-electron chi connectivity index (χ0n) is 15.9. The third kappa shape index (κ3) is 4.13. The van der Waals surface area contributed by atoms with Gasteiger partial charge in [-0.15, -0.1) is 11.3 Å². The van der Waals surface area contributed by atoms with Crippen molar-refractivity contribution >= 4 is 38.6 Å². The number of fused-ring (bicyclic) bond motifs is 1. The number of nitrogens with one attached hydrogen (secondary N) is 1. The molecule has 28 heavy (non-hydrogen) atoms. The molecule has 0 aliphatic carbocycles. The van der Waals surface area contributed by atoms with E-state index in [1.54, 1.807) is 6.20 Å². The average Bonchev–Trinajstić information content (AvgIpc) is 3.21. The molecule has 2 heterocycles. The van der Waals surface area contributed by atoms with Crippen molar-refractivity contribution in [2.75, 3.05) is 5.32 Å². The highest BCUT2D eigenvalue weighted by atomic mass is 32.1. The molecule has 0 saturated heterocycles. The molecule has 0 radical (unpaired) electrons. The summed E-state index contributed by atoms with van der Waals surface area (Å²) >= 11 is 1.52. The van der Waals surface area contributed by atoms with E-state index in [0.29, 0.717) is 5.84 Å². The van der Waals surface area contributed by atoms with Gasteiger partial charge in [0.15, 0.2) is 5.84 Å². The van der Waals surface area contributed by atoms with Crippen molar-refractivity contribution in [3.8, 4) is 11.1 Å². The first-order valence-electron chi connectivity index (χ1n) is 9.08. The number of hydrazone groups is 1. The van der Waals surface area contributed by atoms with Crippen LogP contribution >= 0.6 is 11.3 Å². The molecule has 5 nitrogen and oxygen atoms in total. The summed E-state index contributed by atoms with van der Waals surface area (Å²) in [4.78, 5) is 5.14. The van der Waals surface area contributed by atoms with Crippen LogP contribution < -0.4 is 16.9 Å². The fourth-order valence-electron chi connectivity index (χ4n) is 2.78. The van der Waals surface area contributed by atoms with E-state index in [-0.39, 0.29) is 0 Å². The summed E-state index contributed by atoms with van der Waals surface area (Å²) < 4.78 is 1.03. The van der Waals surface area contributed by atoms with Gasteiger partial charge in [-0.2, -0.15) is 5.10 Å². The number of hydrogen-bond acceptors (Lipinski definition) is 5. The van der Waals surface area contributed by atoms with Crippen LogP contribution in [0.3, 0.4) is 0 Å². The topological polar surface area (TPSA) is 89.3 Å². The van der Waals surface area contributed by atoms with Crippen molar-refractivity contribution in [2.45, 2.75) is 13.8 Å². The van der Waals surface area contributed by atoms with Gasteiger partial charge in [0.2, 0.25) is 0 Å². The maximum atomic E-state index is 5.83. The molecule has 2 aromatic heterocycles. The highest BCUT2D eigenvalue weighted by Crippen LogP contribution is 2.32. The molecule has 0 unspecified atom stereocenters. The Morgan fingerprint density at radius 3 is 2.32 bits per heavy atom. The summed E-state index contributed by atoms with van der Waals surface area (Å²) in [7, 11) is 0. The Kier molecular flexibility index (Phi) is 6.24. The zero-order chi connectivity index (χ0) is 19.9. The first kappa shape index (κ1) is 19.4. The van der Waals surface area contributed by atoms with E-state index >= 15 is 0 Å². The Balaban J connectivity index is 0.00000109. The fourth-order valence-corrected chi connectivity index (χ4v) is 3.75. The molecular weight excluding hydrogens is 366 g/mol. The predicted octanol–water partition coefficient (Wildman–Crippen LogP) is 5.31. The van der Waals surface area contributed by atoms with Gasteiger partial charge in [-0.3, -0.25) is 4.98 Å². The van der Waals surface area contributed by atoms with Crippen LogP contribution in [0, 0.1) is 0 Å². The van der Waals surface area contributed by atoms with Crippen LogP contribution in [0.15, 0.2) is 78.2 Å². The minimum atomic E-state index is 0.323. The van der Waals surface area contributed by atoms with Gasteiger partial charge in [-0.25, -0.2) is 0 Å². The summed E-state index contributed by atoms with van der Waals surface area (Å²) in [5.41, 5.74) is 10.1. The van der Waals surface area contributed by atoms with E-state index in [1.807, 2.05) is 44.3 Å². The van der Waals surface area contributed by atoms with Gasteiger partial charge in [0.1, 0.15) is 0 Å². The largest absolute Gasteiger partial charge is 0.381 e. The molecule has 6 heteroatoms. The Labute approximate surface area is 168 Å². The first-order chi connectivity index (χ1) is 13.7. The van der Waals surface area contributed by atoms with E-state index in [0.717, 1.165) is 26.3 Å². The molecule has 0 amide bonds. The van der Waals surface area contributed by atoms with Crippen molar-refractivity contribution < 1.29 is 0 Å². The molecule has 5 N–H and O–H groups in total. The highest BCUT2D eigenvalue weighted by Gasteiger charge is 2.10. The average molecular weight is 390 g/mol. The Morgan fingerprint density at radius 2 is 1.64 bits per heavy atom. The van der Waals surface area contributed by atoms with Crippen LogP contribution in [0.5, 0.6) is 0 Å². The lowest BCUT2D eigenvalue weighted by atomic mass is 10.1. The second-order valence-electron chi connectivity index (χ2n) is 5.79. The maximum Gasteiger partial charge on any atom is 0.160 e. The monoisotopic (exact) mass is 389 g/mol. The number of pyridine rings is 1. The van der Waals surface area contributed by atoms with Gasteiger partial charge in [-0.1, -0.05) is 56.3 Å². The molecule has 0 aliphatic heterocycles. The van der Waals surface area contributed by atoms with E-state index in [2.05, 4.69) is 51.8 Å². The van der Waals surface area contributed by atoms with Crippen molar-refractivity contribution in [1.29, 1.82) is 0 Å². The van der Waals surface area contributed by atoms with Crippen LogP contribution in [0.4, 0.5) is 11.4 Å². The molecule has 4 aromatic rings. The number of thiophene rings is 1. The van der Waals surface area contributed by atoms with Gasteiger partial charge in [0, 0.05) is 17.3 Å². The summed E-state index contributed by atoms with van der Waals surface area (Å²) in [6.07, 6.45) is 3.62. The number of nitrogens with zero attached hydrogens (tertiary/aromatic N) is 2. The maximum absolute atomic E-state index is 5.83. The number of benzene rings is 2. The van der Waals surface area contributed by atoms with E-state index in [4.69, 9.17) is 11.6 Å². The van der Waals surface area contributed by atoms with Gasteiger partial charge in [-0.05, 0) is 29.3 Å². The van der Waals surface area contributed by atoms with Crippen molar-refractivity contribution in [3.63, 3.8) is 0 Å². The minimum Gasteiger partial charge on any atom is -0.381 e. The second-order valence-corrected chi connectivity index (χ2v) is 6.88. The van der Waals surface area contributed by atoms with Crippen LogP contribution in [-0.2, 0) is 0 Å². The number of nitrogens with two attached hydrogens (primary N) is 2. The van der Waals surface area contributed by atoms with Crippen LogP contribution in [-0.4, -0.2) is 10.8 Å². The third-order valence-electron chi connectivity index (χ3n) is 4.11. The molecule has 0 aliphatic rings. The van der Waals surface area contributed by atoms with E-state index in [9.17, 15) is 0 Å². The number of amidine groups is 1. The molecular formula is C22H23N5S. The fraction of sp³-hybridized carbons (Fsp3) is 0.0909. The normalized spacial score (nSPS) is 11.0. The number of hydrogen-bond donors (Lipinski definition) is 3. The zero-order valence-corrected chi connectivity index (χ0v) is 16.7. The summed E-state index contributed by atoms with van der Waals surface area (Å²) in [5, 5.41) is 8.04. The number of anilines is 2. The molecule has 0 bridgehead atoms. The van der Waals surface area contributed by atoms with Crippen molar-refractivity contribution in [3.05, 3.63) is 77.9 Å². The summed E-state index contributed by atoms with van der Waals surface area (Å²) in [5.74, 6) is 5.61. The lowest BCUT2D eigenvalue weighted by Crippen LogP contribution is -2.13. The number of aromatic nitrogens is 1. The molecule has 0 fully saturated rings. The van der Waals surface area contributed by atoms with Gasteiger partial charge >= 0.3 is 0 Å². The Hall–Kier alpha value is -3.38. The second kappa shape index (κ2) is 9.01. The Bertz CT molecular complexity index is 1070. The SMILES string of the molecule is CC.N/N=C(\N)c1cc2c(Nc3ccc(-c4ccccc4)cc3)cncc2s1. The summed E-state index contributed by atoms with van der Waals surface area (Å²) in [6, 6.07) is 20.6. The van der Waals surface area contributed by atoms with Crippen LogP contribution in [0.2, 0.25) is 0 Å². The van der Waals surface area contributed by atoms with Gasteiger partial charge in [0.05, 0.1) is 21.5 Å².